The smallest absolute Gasteiger partial charge is 0.409 e. The van der Waals surface area contributed by atoms with Gasteiger partial charge in [0.15, 0.2) is 0 Å². The number of ether oxygens (including phenoxy) is 1. The van der Waals surface area contributed by atoms with Crippen LogP contribution >= 0.6 is 11.6 Å². The van der Waals surface area contributed by atoms with Crippen LogP contribution < -0.4 is 10.6 Å². The molecule has 2 rings (SSSR count). The van der Waals surface area contributed by atoms with Gasteiger partial charge in [-0.15, -0.1) is 0 Å². The molecular formula is C15H18ClN3O4. The predicted octanol–water partition coefficient (Wildman–Crippen LogP) is 1.87. The highest BCUT2D eigenvalue weighted by molar-refractivity contribution is 6.34. The van der Waals surface area contributed by atoms with Gasteiger partial charge >= 0.3 is 6.09 Å². The Labute approximate surface area is 138 Å². The van der Waals surface area contributed by atoms with E-state index in [0.717, 1.165) is 6.42 Å². The minimum absolute atomic E-state index is 0.234. The topological polar surface area (TPSA) is 87.7 Å². The number of halogens is 1. The van der Waals surface area contributed by atoms with Crippen molar-refractivity contribution < 1.29 is 19.1 Å². The molecule has 7 nitrogen and oxygen atoms in total. The number of rotatable bonds is 5. The van der Waals surface area contributed by atoms with Crippen LogP contribution in [0.2, 0.25) is 5.02 Å². The van der Waals surface area contributed by atoms with Gasteiger partial charge < -0.3 is 20.3 Å². The van der Waals surface area contributed by atoms with E-state index in [-0.39, 0.29) is 35.0 Å². The normalized spacial score (nSPS) is 14.2. The summed E-state index contributed by atoms with van der Waals surface area (Å²) >= 11 is 6.02. The van der Waals surface area contributed by atoms with E-state index in [4.69, 9.17) is 16.3 Å². The molecule has 124 valence electrons. The van der Waals surface area contributed by atoms with E-state index in [0.29, 0.717) is 25.4 Å². The fraction of sp³-hybridized carbons (Fsp3) is 0.400. The number of nitrogens with one attached hydrogen (secondary N) is 2. The van der Waals surface area contributed by atoms with E-state index in [2.05, 4.69) is 10.6 Å². The fourth-order valence-electron chi connectivity index (χ4n) is 2.18. The largest absolute Gasteiger partial charge is 0.449 e. The first-order chi connectivity index (χ1) is 11.0. The second kappa shape index (κ2) is 7.82. The minimum atomic E-state index is -0.368. The van der Waals surface area contributed by atoms with E-state index in [1.807, 2.05) is 0 Å². The molecule has 0 atom stereocenters. The maximum atomic E-state index is 12.2. The molecule has 1 aromatic rings. The van der Waals surface area contributed by atoms with E-state index in [1.54, 1.807) is 17.0 Å². The molecule has 23 heavy (non-hydrogen) atoms. The number of carbonyl (C=O) groups excluding carboxylic acids is 3. The van der Waals surface area contributed by atoms with Crippen molar-refractivity contribution in [2.45, 2.75) is 13.3 Å². The highest BCUT2D eigenvalue weighted by Crippen LogP contribution is 2.20. The van der Waals surface area contributed by atoms with Gasteiger partial charge in [0.25, 0.3) is 5.91 Å². The molecule has 1 aliphatic heterocycles. The molecule has 0 aromatic heterocycles. The zero-order valence-electron chi connectivity index (χ0n) is 12.7. The Balaban J connectivity index is 1.92. The first kappa shape index (κ1) is 17.1. The molecule has 0 aliphatic carbocycles. The SMILES string of the molecule is CC(=O)Nc1ccc(Cl)c(C(=O)NCCN2CCCOC2=O)c1. The van der Waals surface area contributed by atoms with Crippen LogP contribution in [0.4, 0.5) is 10.5 Å². The third-order valence-electron chi connectivity index (χ3n) is 3.25. The van der Waals surface area contributed by atoms with Crippen LogP contribution in [0.15, 0.2) is 18.2 Å². The Kier molecular flexibility index (Phi) is 5.81. The van der Waals surface area contributed by atoms with Gasteiger partial charge in [-0.25, -0.2) is 4.79 Å². The standard InChI is InChI=1S/C15H18ClN3O4/c1-10(20)18-11-3-4-13(16)12(9-11)14(21)17-5-7-19-6-2-8-23-15(19)22/h3-4,9H,2,5-8H2,1H3,(H,17,21)(H,18,20). The molecule has 1 saturated heterocycles. The monoisotopic (exact) mass is 339 g/mol. The summed E-state index contributed by atoms with van der Waals surface area (Å²) in [5.74, 6) is -0.602. The Morgan fingerprint density at radius 3 is 2.87 bits per heavy atom. The van der Waals surface area contributed by atoms with E-state index in [9.17, 15) is 14.4 Å². The van der Waals surface area contributed by atoms with E-state index >= 15 is 0 Å². The van der Waals surface area contributed by atoms with Gasteiger partial charge in [-0.2, -0.15) is 0 Å². The van der Waals surface area contributed by atoms with Gasteiger partial charge in [0.05, 0.1) is 17.2 Å². The highest BCUT2D eigenvalue weighted by Gasteiger charge is 2.19. The van der Waals surface area contributed by atoms with Crippen molar-refractivity contribution in [3.63, 3.8) is 0 Å². The molecule has 0 bridgehead atoms. The quantitative estimate of drug-likeness (QED) is 0.857. The van der Waals surface area contributed by atoms with Crippen molar-refractivity contribution >= 4 is 35.2 Å². The first-order valence-corrected chi connectivity index (χ1v) is 7.62. The minimum Gasteiger partial charge on any atom is -0.449 e. The van der Waals surface area contributed by atoms with Crippen LogP contribution in [0.25, 0.3) is 0 Å². The molecule has 2 N–H and O–H groups in total. The molecule has 1 aromatic carbocycles. The molecule has 1 heterocycles. The summed E-state index contributed by atoms with van der Waals surface area (Å²) in [6.45, 7) is 3.09. The van der Waals surface area contributed by atoms with Crippen molar-refractivity contribution in [3.05, 3.63) is 28.8 Å². The summed E-state index contributed by atoms with van der Waals surface area (Å²) in [7, 11) is 0. The summed E-state index contributed by atoms with van der Waals surface area (Å²) in [6.07, 6.45) is 0.417. The maximum Gasteiger partial charge on any atom is 0.409 e. The van der Waals surface area contributed by atoms with Crippen LogP contribution in [-0.2, 0) is 9.53 Å². The number of carbonyl (C=O) groups is 3. The van der Waals surface area contributed by atoms with Crippen LogP contribution in [0.5, 0.6) is 0 Å². The van der Waals surface area contributed by atoms with Gasteiger partial charge in [0, 0.05) is 32.2 Å². The third kappa shape index (κ3) is 4.85. The summed E-state index contributed by atoms with van der Waals surface area (Å²) in [5, 5.41) is 5.58. The number of amides is 3. The number of hydrogen-bond donors (Lipinski definition) is 2. The molecule has 0 saturated carbocycles. The molecule has 0 unspecified atom stereocenters. The van der Waals surface area contributed by atoms with Crippen molar-refractivity contribution in [1.82, 2.24) is 10.2 Å². The lowest BCUT2D eigenvalue weighted by molar-refractivity contribution is -0.114. The van der Waals surface area contributed by atoms with Crippen LogP contribution in [-0.4, -0.2) is 49.0 Å². The predicted molar refractivity (Wildman–Crippen MR) is 85.6 cm³/mol. The van der Waals surface area contributed by atoms with E-state index in [1.165, 1.54) is 13.0 Å². The summed E-state index contributed by atoms with van der Waals surface area (Å²) in [4.78, 5) is 36.3. The summed E-state index contributed by atoms with van der Waals surface area (Å²) < 4.78 is 4.92. The number of nitrogens with zero attached hydrogens (tertiary/aromatic N) is 1. The lowest BCUT2D eigenvalue weighted by Crippen LogP contribution is -2.42. The lowest BCUT2D eigenvalue weighted by atomic mass is 10.2. The van der Waals surface area contributed by atoms with Crippen LogP contribution in [0.3, 0.4) is 0 Å². The molecule has 1 aliphatic rings. The Hall–Kier alpha value is -2.28. The van der Waals surface area contributed by atoms with Gasteiger partial charge in [-0.1, -0.05) is 11.6 Å². The van der Waals surface area contributed by atoms with Crippen LogP contribution in [0, 0.1) is 0 Å². The number of anilines is 1. The van der Waals surface area contributed by atoms with Crippen molar-refractivity contribution in [2.75, 3.05) is 31.6 Å². The van der Waals surface area contributed by atoms with Gasteiger partial charge in [0.1, 0.15) is 0 Å². The second-order valence-electron chi connectivity index (χ2n) is 5.09. The zero-order chi connectivity index (χ0) is 16.8. The zero-order valence-corrected chi connectivity index (χ0v) is 13.5. The molecule has 0 spiro atoms. The summed E-state index contributed by atoms with van der Waals surface area (Å²) in [5.41, 5.74) is 0.755. The van der Waals surface area contributed by atoms with Gasteiger partial charge in [-0.05, 0) is 24.6 Å². The van der Waals surface area contributed by atoms with E-state index < -0.39 is 0 Å². The van der Waals surface area contributed by atoms with Crippen molar-refractivity contribution in [2.24, 2.45) is 0 Å². The average molecular weight is 340 g/mol. The number of hydrogen-bond acceptors (Lipinski definition) is 4. The van der Waals surface area contributed by atoms with Crippen molar-refractivity contribution in [1.29, 1.82) is 0 Å². The first-order valence-electron chi connectivity index (χ1n) is 7.24. The van der Waals surface area contributed by atoms with Gasteiger partial charge in [0.2, 0.25) is 5.91 Å². The molecule has 0 radical (unpaired) electrons. The number of cyclic esters (lactones) is 1. The second-order valence-corrected chi connectivity index (χ2v) is 5.49. The molecule has 8 heteroatoms. The fourth-order valence-corrected chi connectivity index (χ4v) is 2.38. The Morgan fingerprint density at radius 1 is 1.39 bits per heavy atom. The summed E-state index contributed by atoms with van der Waals surface area (Å²) in [6, 6.07) is 4.67. The average Bonchev–Trinajstić information content (AvgIpc) is 2.50. The van der Waals surface area contributed by atoms with Crippen LogP contribution in [0.1, 0.15) is 23.7 Å². The Bertz CT molecular complexity index is 621. The lowest BCUT2D eigenvalue weighted by Gasteiger charge is -2.26. The number of benzene rings is 1. The maximum absolute atomic E-state index is 12.2. The molecule has 3 amide bonds. The van der Waals surface area contributed by atoms with Crippen molar-refractivity contribution in [3.8, 4) is 0 Å². The third-order valence-corrected chi connectivity index (χ3v) is 3.58. The molecular weight excluding hydrogens is 322 g/mol. The highest BCUT2D eigenvalue weighted by atomic mass is 35.5. The Morgan fingerprint density at radius 2 is 2.17 bits per heavy atom. The molecule has 1 fully saturated rings. The van der Waals surface area contributed by atoms with Gasteiger partial charge in [-0.3, -0.25) is 9.59 Å².